The van der Waals surface area contributed by atoms with Gasteiger partial charge in [0, 0.05) is 0 Å². The first-order valence-corrected chi connectivity index (χ1v) is 8.36. The molecule has 0 aromatic heterocycles. The predicted molar refractivity (Wildman–Crippen MR) is 82.4 cm³/mol. The average molecular weight is 291 g/mol. The van der Waals surface area contributed by atoms with Crippen molar-refractivity contribution in [2.24, 2.45) is 5.92 Å². The van der Waals surface area contributed by atoms with Crippen molar-refractivity contribution < 1.29 is 9.53 Å². The summed E-state index contributed by atoms with van der Waals surface area (Å²) in [5.74, 6) is -0.291. The van der Waals surface area contributed by atoms with Crippen LogP contribution in [0.1, 0.15) is 85.0 Å². The molecular weight excluding hydrogens is 260 g/mol. The topological polar surface area (TPSA) is 26.3 Å². The molecule has 1 unspecified atom stereocenters. The summed E-state index contributed by atoms with van der Waals surface area (Å²) in [6, 6.07) is 0. The molecule has 0 radical (unpaired) electrons. The maximum Gasteiger partial charge on any atom is 0.309 e. The molecule has 0 N–H and O–H groups in total. The number of carbonyl (C=O) groups excluding carboxylic acids is 1. The fourth-order valence-corrected chi connectivity index (χ4v) is 2.18. The van der Waals surface area contributed by atoms with Crippen LogP contribution in [0.5, 0.6) is 0 Å². The smallest absolute Gasteiger partial charge is 0.309 e. The van der Waals surface area contributed by atoms with E-state index in [4.69, 9.17) is 16.3 Å². The first-order valence-electron chi connectivity index (χ1n) is 7.92. The summed E-state index contributed by atoms with van der Waals surface area (Å²) in [4.78, 5) is 11.3. The lowest BCUT2D eigenvalue weighted by Gasteiger charge is -2.12. The minimum atomic E-state index is -0.445. The van der Waals surface area contributed by atoms with E-state index in [0.717, 1.165) is 12.8 Å². The number of carbonyl (C=O) groups is 1. The maximum absolute atomic E-state index is 11.3. The van der Waals surface area contributed by atoms with Gasteiger partial charge in [0.25, 0.3) is 0 Å². The van der Waals surface area contributed by atoms with Crippen molar-refractivity contribution >= 4 is 17.6 Å². The zero-order chi connectivity index (χ0) is 14.5. The van der Waals surface area contributed by atoms with Gasteiger partial charge in [-0.05, 0) is 12.8 Å². The van der Waals surface area contributed by atoms with E-state index >= 15 is 0 Å². The molecule has 114 valence electrons. The number of rotatable bonds is 12. The molecule has 0 rings (SSSR count). The van der Waals surface area contributed by atoms with Gasteiger partial charge in [-0.25, -0.2) is 0 Å². The van der Waals surface area contributed by atoms with Crippen LogP contribution in [0.2, 0.25) is 0 Å². The van der Waals surface area contributed by atoms with Crippen LogP contribution in [0.25, 0.3) is 0 Å². The van der Waals surface area contributed by atoms with E-state index in [0.29, 0.717) is 0 Å². The molecule has 1 atom stereocenters. The second-order valence-electron chi connectivity index (χ2n) is 5.62. The third-order valence-electron chi connectivity index (χ3n) is 3.25. The monoisotopic (exact) mass is 290 g/mol. The Balaban J connectivity index is 3.27. The van der Waals surface area contributed by atoms with E-state index in [1.807, 2.05) is 13.8 Å². The van der Waals surface area contributed by atoms with E-state index in [1.54, 1.807) is 0 Å². The molecule has 19 heavy (non-hydrogen) atoms. The van der Waals surface area contributed by atoms with Crippen LogP contribution < -0.4 is 0 Å². The van der Waals surface area contributed by atoms with Crippen molar-refractivity contribution in [1.82, 2.24) is 0 Å². The van der Waals surface area contributed by atoms with Gasteiger partial charge in [0.05, 0.1) is 5.92 Å². The highest BCUT2D eigenvalue weighted by molar-refractivity contribution is 6.20. The van der Waals surface area contributed by atoms with Crippen molar-refractivity contribution in [2.75, 3.05) is 0 Å². The van der Waals surface area contributed by atoms with E-state index in [1.165, 1.54) is 51.4 Å². The second-order valence-corrected chi connectivity index (χ2v) is 6.11. The fourth-order valence-electron chi connectivity index (χ4n) is 1.94. The third kappa shape index (κ3) is 12.5. The Morgan fingerprint density at radius 1 is 0.947 bits per heavy atom. The quantitative estimate of drug-likeness (QED) is 0.263. The van der Waals surface area contributed by atoms with E-state index in [-0.39, 0.29) is 11.9 Å². The van der Waals surface area contributed by atoms with Gasteiger partial charge in [0.15, 0.2) is 5.56 Å². The Bertz CT molecular complexity index is 217. The van der Waals surface area contributed by atoms with Gasteiger partial charge in [-0.3, -0.25) is 4.79 Å². The summed E-state index contributed by atoms with van der Waals surface area (Å²) in [7, 11) is 0. The first kappa shape index (κ1) is 18.8. The summed E-state index contributed by atoms with van der Waals surface area (Å²) in [5, 5.41) is 0. The lowest BCUT2D eigenvalue weighted by Crippen LogP contribution is -2.17. The molecule has 0 heterocycles. The summed E-state index contributed by atoms with van der Waals surface area (Å²) in [6.07, 6.45) is 12.4. The van der Waals surface area contributed by atoms with Gasteiger partial charge in [-0.2, -0.15) is 0 Å². The van der Waals surface area contributed by atoms with Crippen LogP contribution in [0.3, 0.4) is 0 Å². The fraction of sp³-hybridized carbons (Fsp3) is 0.938. The Morgan fingerprint density at radius 3 is 1.89 bits per heavy atom. The molecule has 3 heteroatoms. The van der Waals surface area contributed by atoms with Gasteiger partial charge < -0.3 is 4.74 Å². The highest BCUT2D eigenvalue weighted by Crippen LogP contribution is 2.15. The van der Waals surface area contributed by atoms with Crippen molar-refractivity contribution in [3.63, 3.8) is 0 Å². The first-order chi connectivity index (χ1) is 9.07. The van der Waals surface area contributed by atoms with E-state index in [9.17, 15) is 4.79 Å². The van der Waals surface area contributed by atoms with Crippen LogP contribution in [-0.4, -0.2) is 11.5 Å². The van der Waals surface area contributed by atoms with Gasteiger partial charge in [0.1, 0.15) is 0 Å². The average Bonchev–Trinajstić information content (AvgIpc) is 2.36. The van der Waals surface area contributed by atoms with Crippen LogP contribution in [0, 0.1) is 5.92 Å². The molecule has 2 nitrogen and oxygen atoms in total. The molecule has 0 amide bonds. The Hall–Kier alpha value is -0.240. The lowest BCUT2D eigenvalue weighted by molar-refractivity contribution is -0.149. The molecule has 0 aliphatic carbocycles. The van der Waals surface area contributed by atoms with E-state index in [2.05, 4.69) is 6.92 Å². The molecule has 0 aromatic carbocycles. The molecule has 0 aromatic rings. The van der Waals surface area contributed by atoms with Crippen molar-refractivity contribution in [3.05, 3.63) is 0 Å². The van der Waals surface area contributed by atoms with Gasteiger partial charge >= 0.3 is 5.97 Å². The number of ether oxygens (including phenoxy) is 1. The zero-order valence-electron chi connectivity index (χ0n) is 12.9. The SMILES string of the molecule is CCCCCCCCCCCC(Cl)OC(=O)C(C)C. The second kappa shape index (κ2) is 12.8. The number of alkyl halides is 1. The standard InChI is InChI=1S/C16H31ClO2/c1-4-5-6-7-8-9-10-11-12-13-15(17)19-16(18)14(2)3/h14-15H,4-13H2,1-3H3. The minimum absolute atomic E-state index is 0.0932. The molecular formula is C16H31ClO2. The largest absolute Gasteiger partial charge is 0.446 e. The zero-order valence-corrected chi connectivity index (χ0v) is 13.7. The Morgan fingerprint density at radius 2 is 1.42 bits per heavy atom. The molecule has 0 spiro atoms. The Labute approximate surface area is 124 Å². The van der Waals surface area contributed by atoms with Crippen molar-refractivity contribution in [1.29, 1.82) is 0 Å². The van der Waals surface area contributed by atoms with Crippen LogP contribution in [-0.2, 0) is 9.53 Å². The normalized spacial score (nSPS) is 12.7. The number of hydrogen-bond donors (Lipinski definition) is 0. The highest BCUT2D eigenvalue weighted by Gasteiger charge is 2.13. The molecule has 0 saturated carbocycles. The van der Waals surface area contributed by atoms with Gasteiger partial charge in [-0.15, -0.1) is 0 Å². The van der Waals surface area contributed by atoms with Crippen LogP contribution in [0.4, 0.5) is 0 Å². The number of halogens is 1. The van der Waals surface area contributed by atoms with Crippen molar-refractivity contribution in [2.45, 2.75) is 90.5 Å². The summed E-state index contributed by atoms with van der Waals surface area (Å²) < 4.78 is 5.11. The lowest BCUT2D eigenvalue weighted by atomic mass is 10.1. The molecule has 0 fully saturated rings. The summed E-state index contributed by atoms with van der Waals surface area (Å²) in [6.45, 7) is 5.89. The minimum Gasteiger partial charge on any atom is -0.446 e. The van der Waals surface area contributed by atoms with E-state index < -0.39 is 5.56 Å². The summed E-state index contributed by atoms with van der Waals surface area (Å²) in [5.41, 5.74) is -0.445. The highest BCUT2D eigenvalue weighted by atomic mass is 35.5. The van der Waals surface area contributed by atoms with Crippen molar-refractivity contribution in [3.8, 4) is 0 Å². The molecule has 0 saturated heterocycles. The van der Waals surface area contributed by atoms with Gasteiger partial charge in [-0.1, -0.05) is 83.7 Å². The molecule has 0 bridgehead atoms. The number of unbranched alkanes of at least 4 members (excludes halogenated alkanes) is 8. The third-order valence-corrected chi connectivity index (χ3v) is 3.56. The number of hydrogen-bond acceptors (Lipinski definition) is 2. The summed E-state index contributed by atoms with van der Waals surface area (Å²) >= 11 is 5.97. The molecule has 0 aliphatic heterocycles. The molecule has 0 aliphatic rings. The Kier molecular flexibility index (Phi) is 12.6. The maximum atomic E-state index is 11.3. The van der Waals surface area contributed by atoms with Gasteiger partial charge in [0.2, 0.25) is 0 Å². The van der Waals surface area contributed by atoms with Crippen LogP contribution >= 0.6 is 11.6 Å². The number of esters is 1. The predicted octanol–water partition coefficient (Wildman–Crippen LogP) is 5.67. The van der Waals surface area contributed by atoms with Crippen LogP contribution in [0.15, 0.2) is 0 Å².